The molecule has 0 unspecified atom stereocenters. The van der Waals surface area contributed by atoms with Crippen LogP contribution in [-0.4, -0.2) is 67.6 Å². The Labute approximate surface area is 205 Å². The molecule has 0 bridgehead atoms. The van der Waals surface area contributed by atoms with Gasteiger partial charge in [-0.3, -0.25) is 9.59 Å². The molecule has 1 aromatic carbocycles. The summed E-state index contributed by atoms with van der Waals surface area (Å²) in [6.07, 6.45) is 4.55. The molecule has 3 rings (SSSR count). The highest BCUT2D eigenvalue weighted by Crippen LogP contribution is 2.23. The van der Waals surface area contributed by atoms with Crippen LogP contribution in [0.3, 0.4) is 0 Å². The predicted molar refractivity (Wildman–Crippen MR) is 131 cm³/mol. The molecule has 0 aliphatic carbocycles. The number of carbonyl (C=O) groups is 2. The predicted octanol–water partition coefficient (Wildman–Crippen LogP) is 4.29. The molecule has 1 aliphatic heterocycles. The van der Waals surface area contributed by atoms with Crippen molar-refractivity contribution < 1.29 is 14.3 Å². The molecule has 1 aliphatic rings. The van der Waals surface area contributed by atoms with E-state index in [-0.39, 0.29) is 11.8 Å². The van der Waals surface area contributed by atoms with Crippen molar-refractivity contribution in [2.45, 2.75) is 26.2 Å². The van der Waals surface area contributed by atoms with Crippen LogP contribution in [0.1, 0.15) is 46.9 Å². The van der Waals surface area contributed by atoms with Crippen molar-refractivity contribution >= 4 is 40.8 Å². The smallest absolute Gasteiger partial charge is 0.255 e. The average molecular weight is 493 g/mol. The maximum atomic E-state index is 12.8. The number of benzene rings is 1. The number of hydrogen-bond acceptors (Lipinski definition) is 5. The Morgan fingerprint density at radius 1 is 1.06 bits per heavy atom. The lowest BCUT2D eigenvalue weighted by Crippen LogP contribution is -2.49. The van der Waals surface area contributed by atoms with E-state index in [0.717, 1.165) is 31.7 Å². The van der Waals surface area contributed by atoms with E-state index in [2.05, 4.69) is 22.1 Å². The van der Waals surface area contributed by atoms with Crippen LogP contribution in [0.2, 0.25) is 10.0 Å². The standard InChI is InChI=1S/C24H30Cl2N4O3/c1-2-3-14-33-15-4-9-27-23(31)18-5-8-22(28-17-18)29-10-12-30(13-11-29)24(32)20-7-6-19(25)16-21(20)26/h5-8,16-17H,2-4,9-15H2,1H3,(H,27,31). The lowest BCUT2D eigenvalue weighted by molar-refractivity contribution is 0.0746. The molecular formula is C24H30Cl2N4O3. The normalized spacial score (nSPS) is 13.8. The molecule has 0 radical (unpaired) electrons. The summed E-state index contributed by atoms with van der Waals surface area (Å²) in [6, 6.07) is 8.52. The Balaban J connectivity index is 1.44. The van der Waals surface area contributed by atoms with Crippen LogP contribution in [-0.2, 0) is 4.74 Å². The number of pyridine rings is 1. The molecule has 2 amide bonds. The van der Waals surface area contributed by atoms with E-state index in [1.807, 2.05) is 6.07 Å². The Bertz CT molecular complexity index is 932. The highest BCUT2D eigenvalue weighted by atomic mass is 35.5. The fourth-order valence-electron chi connectivity index (χ4n) is 3.51. The van der Waals surface area contributed by atoms with E-state index in [4.69, 9.17) is 27.9 Å². The molecule has 2 aromatic rings. The number of amides is 2. The van der Waals surface area contributed by atoms with E-state index in [1.165, 1.54) is 0 Å². The second kappa shape index (κ2) is 12.8. The summed E-state index contributed by atoms with van der Waals surface area (Å²) < 4.78 is 5.50. The third-order valence-electron chi connectivity index (χ3n) is 5.46. The molecule has 7 nitrogen and oxygen atoms in total. The Morgan fingerprint density at radius 2 is 1.82 bits per heavy atom. The third-order valence-corrected chi connectivity index (χ3v) is 6.00. The number of piperazine rings is 1. The molecular weight excluding hydrogens is 463 g/mol. The topological polar surface area (TPSA) is 74.8 Å². The number of nitrogens with one attached hydrogen (secondary N) is 1. The maximum absolute atomic E-state index is 12.8. The molecule has 33 heavy (non-hydrogen) atoms. The number of nitrogens with zero attached hydrogens (tertiary/aromatic N) is 3. The second-order valence-corrected chi connectivity index (χ2v) is 8.73. The van der Waals surface area contributed by atoms with Crippen molar-refractivity contribution in [2.24, 2.45) is 0 Å². The first-order chi connectivity index (χ1) is 16.0. The fourth-order valence-corrected chi connectivity index (χ4v) is 4.00. The van der Waals surface area contributed by atoms with Crippen molar-refractivity contribution in [1.29, 1.82) is 0 Å². The molecule has 178 valence electrons. The van der Waals surface area contributed by atoms with E-state index in [1.54, 1.807) is 35.4 Å². The summed E-state index contributed by atoms with van der Waals surface area (Å²) >= 11 is 12.1. The van der Waals surface area contributed by atoms with Crippen LogP contribution in [0.25, 0.3) is 0 Å². The number of hydrogen-bond donors (Lipinski definition) is 1. The van der Waals surface area contributed by atoms with E-state index in [9.17, 15) is 9.59 Å². The molecule has 1 aromatic heterocycles. The van der Waals surface area contributed by atoms with Gasteiger partial charge in [0.2, 0.25) is 0 Å². The molecule has 9 heteroatoms. The Morgan fingerprint density at radius 3 is 2.48 bits per heavy atom. The van der Waals surface area contributed by atoms with Crippen LogP contribution in [0.4, 0.5) is 5.82 Å². The summed E-state index contributed by atoms with van der Waals surface area (Å²) in [5.74, 6) is 0.539. The first-order valence-electron chi connectivity index (χ1n) is 11.3. The van der Waals surface area contributed by atoms with Gasteiger partial charge in [-0.25, -0.2) is 4.98 Å². The number of aromatic nitrogens is 1. The van der Waals surface area contributed by atoms with Gasteiger partial charge in [0.15, 0.2) is 0 Å². The van der Waals surface area contributed by atoms with Crippen molar-refractivity contribution in [1.82, 2.24) is 15.2 Å². The van der Waals surface area contributed by atoms with Crippen molar-refractivity contribution in [3.8, 4) is 0 Å². The van der Waals surface area contributed by atoms with Gasteiger partial charge in [-0.05, 0) is 43.2 Å². The summed E-state index contributed by atoms with van der Waals surface area (Å²) in [7, 11) is 0. The van der Waals surface area contributed by atoms with Gasteiger partial charge < -0.3 is 19.9 Å². The van der Waals surface area contributed by atoms with Crippen LogP contribution in [0, 0.1) is 0 Å². The minimum absolute atomic E-state index is 0.105. The summed E-state index contributed by atoms with van der Waals surface area (Å²) in [5, 5.41) is 3.75. The van der Waals surface area contributed by atoms with Crippen molar-refractivity contribution in [3.63, 3.8) is 0 Å². The molecule has 1 N–H and O–H groups in total. The zero-order chi connectivity index (χ0) is 23.6. The Kier molecular flexibility index (Phi) is 9.78. The number of anilines is 1. The highest BCUT2D eigenvalue weighted by Gasteiger charge is 2.24. The van der Waals surface area contributed by atoms with Crippen LogP contribution in [0.15, 0.2) is 36.5 Å². The van der Waals surface area contributed by atoms with Gasteiger partial charge in [-0.15, -0.1) is 0 Å². The van der Waals surface area contributed by atoms with E-state index < -0.39 is 0 Å². The molecule has 1 saturated heterocycles. The average Bonchev–Trinajstić information content (AvgIpc) is 2.83. The lowest BCUT2D eigenvalue weighted by atomic mass is 10.1. The lowest BCUT2D eigenvalue weighted by Gasteiger charge is -2.35. The van der Waals surface area contributed by atoms with E-state index >= 15 is 0 Å². The van der Waals surface area contributed by atoms with Gasteiger partial charge >= 0.3 is 0 Å². The molecule has 1 fully saturated rings. The third kappa shape index (κ3) is 7.32. The van der Waals surface area contributed by atoms with Crippen LogP contribution in [0.5, 0.6) is 0 Å². The number of carbonyl (C=O) groups excluding carboxylic acids is 2. The summed E-state index contributed by atoms with van der Waals surface area (Å²) in [4.78, 5) is 33.4. The fraction of sp³-hybridized carbons (Fsp3) is 0.458. The van der Waals surface area contributed by atoms with Crippen molar-refractivity contribution in [2.75, 3.05) is 50.8 Å². The van der Waals surface area contributed by atoms with Crippen LogP contribution < -0.4 is 10.2 Å². The first-order valence-corrected chi connectivity index (χ1v) is 12.1. The largest absolute Gasteiger partial charge is 0.381 e. The first kappa shape index (κ1) is 25.3. The number of rotatable bonds is 10. The van der Waals surface area contributed by atoms with Gasteiger partial charge in [-0.1, -0.05) is 36.5 Å². The molecule has 0 atom stereocenters. The molecule has 2 heterocycles. The summed E-state index contributed by atoms with van der Waals surface area (Å²) in [6.45, 7) is 6.53. The minimum atomic E-state index is -0.141. The zero-order valence-corrected chi connectivity index (χ0v) is 20.4. The quantitative estimate of drug-likeness (QED) is 0.500. The second-order valence-electron chi connectivity index (χ2n) is 7.88. The zero-order valence-electron chi connectivity index (χ0n) is 18.9. The minimum Gasteiger partial charge on any atom is -0.381 e. The number of ether oxygens (including phenoxy) is 1. The molecule has 0 saturated carbocycles. The Hall–Kier alpha value is -2.35. The SMILES string of the molecule is CCCCOCCCNC(=O)c1ccc(N2CCN(C(=O)c3ccc(Cl)cc3Cl)CC2)nc1. The molecule has 0 spiro atoms. The highest BCUT2D eigenvalue weighted by molar-refractivity contribution is 6.36. The van der Waals surface area contributed by atoms with Crippen molar-refractivity contribution in [3.05, 3.63) is 57.7 Å². The van der Waals surface area contributed by atoms with Gasteiger partial charge in [0.25, 0.3) is 11.8 Å². The monoisotopic (exact) mass is 492 g/mol. The van der Waals surface area contributed by atoms with Gasteiger partial charge in [0.05, 0.1) is 16.1 Å². The van der Waals surface area contributed by atoms with E-state index in [0.29, 0.717) is 60.5 Å². The maximum Gasteiger partial charge on any atom is 0.255 e. The number of unbranched alkanes of at least 4 members (excludes halogenated alkanes) is 1. The van der Waals surface area contributed by atoms with Crippen LogP contribution >= 0.6 is 23.2 Å². The van der Waals surface area contributed by atoms with Gasteiger partial charge in [-0.2, -0.15) is 0 Å². The summed E-state index contributed by atoms with van der Waals surface area (Å²) in [5.41, 5.74) is 0.979. The van der Waals surface area contributed by atoms with Gasteiger partial charge in [0, 0.05) is 57.2 Å². The van der Waals surface area contributed by atoms with Gasteiger partial charge in [0.1, 0.15) is 5.82 Å². The number of halogens is 2.